The van der Waals surface area contributed by atoms with Crippen LogP contribution in [0.1, 0.15) is 11.1 Å². The summed E-state index contributed by atoms with van der Waals surface area (Å²) in [6.45, 7) is 0.417. The van der Waals surface area contributed by atoms with Crippen molar-refractivity contribution in [2.24, 2.45) is 0 Å². The lowest BCUT2D eigenvalue weighted by Crippen LogP contribution is -2.26. The molecule has 2 N–H and O–H groups in total. The van der Waals surface area contributed by atoms with E-state index in [1.165, 1.54) is 0 Å². The summed E-state index contributed by atoms with van der Waals surface area (Å²) in [5.74, 6) is 1.16. The molecular weight excluding hydrogens is 308 g/mol. The zero-order valence-electron chi connectivity index (χ0n) is 13.3. The van der Waals surface area contributed by atoms with E-state index in [9.17, 15) is 9.59 Å². The molecule has 0 saturated heterocycles. The van der Waals surface area contributed by atoms with Crippen LogP contribution in [0.4, 0.5) is 5.69 Å². The number of methoxy groups -OCH3 is 1. The molecule has 0 radical (unpaired) electrons. The van der Waals surface area contributed by atoms with Crippen molar-refractivity contribution in [3.8, 4) is 11.5 Å². The lowest BCUT2D eigenvalue weighted by atomic mass is 10.1. The highest BCUT2D eigenvalue weighted by atomic mass is 16.5. The van der Waals surface area contributed by atoms with Gasteiger partial charge >= 0.3 is 0 Å². The highest BCUT2D eigenvalue weighted by Crippen LogP contribution is 2.28. The standard InChI is InChI=1S/C18H18N2O4/c1-23-14-5-2-12(3-6-14)9-17(21)19-10-13-4-7-15-16(8-13)24-11-18(22)20-15/h2-8H,9-11H2,1H3,(H,19,21)(H,20,22). The molecule has 6 heteroatoms. The van der Waals surface area contributed by atoms with Crippen molar-refractivity contribution in [3.63, 3.8) is 0 Å². The minimum atomic E-state index is -0.164. The number of nitrogens with one attached hydrogen (secondary N) is 2. The average molecular weight is 326 g/mol. The Bertz CT molecular complexity index is 756. The van der Waals surface area contributed by atoms with Crippen molar-refractivity contribution in [2.75, 3.05) is 19.0 Å². The molecule has 124 valence electrons. The van der Waals surface area contributed by atoms with Gasteiger partial charge in [-0.1, -0.05) is 18.2 Å². The van der Waals surface area contributed by atoms with Gasteiger partial charge in [0.1, 0.15) is 11.5 Å². The van der Waals surface area contributed by atoms with Crippen molar-refractivity contribution in [1.82, 2.24) is 5.32 Å². The largest absolute Gasteiger partial charge is 0.497 e. The monoisotopic (exact) mass is 326 g/mol. The van der Waals surface area contributed by atoms with Gasteiger partial charge in [-0.2, -0.15) is 0 Å². The molecule has 0 fully saturated rings. The number of amides is 2. The quantitative estimate of drug-likeness (QED) is 0.880. The summed E-state index contributed by atoms with van der Waals surface area (Å²) in [7, 11) is 1.61. The minimum Gasteiger partial charge on any atom is -0.497 e. The number of anilines is 1. The number of hydrogen-bond acceptors (Lipinski definition) is 4. The Hall–Kier alpha value is -3.02. The third-order valence-corrected chi connectivity index (χ3v) is 3.69. The molecule has 0 spiro atoms. The maximum atomic E-state index is 12.0. The maximum absolute atomic E-state index is 12.0. The Labute approximate surface area is 139 Å². The van der Waals surface area contributed by atoms with Gasteiger partial charge in [-0.25, -0.2) is 0 Å². The van der Waals surface area contributed by atoms with Crippen LogP contribution in [0.5, 0.6) is 11.5 Å². The lowest BCUT2D eigenvalue weighted by Gasteiger charge is -2.18. The van der Waals surface area contributed by atoms with Crippen LogP contribution in [0.2, 0.25) is 0 Å². The van der Waals surface area contributed by atoms with Gasteiger partial charge in [-0.3, -0.25) is 9.59 Å². The summed E-state index contributed by atoms with van der Waals surface area (Å²) in [6, 6.07) is 12.8. The van der Waals surface area contributed by atoms with E-state index in [-0.39, 0.29) is 18.4 Å². The maximum Gasteiger partial charge on any atom is 0.262 e. The first kappa shape index (κ1) is 15.9. The van der Waals surface area contributed by atoms with Crippen LogP contribution in [0.25, 0.3) is 0 Å². The molecule has 0 bridgehead atoms. The van der Waals surface area contributed by atoms with Crippen LogP contribution in [0.3, 0.4) is 0 Å². The first-order valence-corrected chi connectivity index (χ1v) is 7.59. The van der Waals surface area contributed by atoms with Crippen LogP contribution in [0, 0.1) is 0 Å². The van der Waals surface area contributed by atoms with Gasteiger partial charge in [-0.15, -0.1) is 0 Å². The van der Waals surface area contributed by atoms with E-state index >= 15 is 0 Å². The summed E-state index contributed by atoms with van der Waals surface area (Å²) in [5, 5.41) is 5.61. The molecular formula is C18H18N2O4. The second kappa shape index (κ2) is 7.04. The summed E-state index contributed by atoms with van der Waals surface area (Å²) in [6.07, 6.45) is 0.307. The van der Waals surface area contributed by atoms with Crippen LogP contribution in [-0.4, -0.2) is 25.5 Å². The molecule has 2 amide bonds. The minimum absolute atomic E-state index is 0.0142. The normalized spacial score (nSPS) is 12.6. The van der Waals surface area contributed by atoms with Crippen LogP contribution < -0.4 is 20.1 Å². The molecule has 24 heavy (non-hydrogen) atoms. The van der Waals surface area contributed by atoms with Crippen molar-refractivity contribution in [2.45, 2.75) is 13.0 Å². The Kier molecular flexibility index (Phi) is 4.65. The van der Waals surface area contributed by atoms with Gasteiger partial charge in [0.15, 0.2) is 6.61 Å². The Balaban J connectivity index is 1.55. The fourth-order valence-electron chi connectivity index (χ4n) is 2.42. The van der Waals surface area contributed by atoms with Gasteiger partial charge in [0.05, 0.1) is 19.2 Å². The van der Waals surface area contributed by atoms with Gasteiger partial charge in [0.2, 0.25) is 5.91 Å². The molecule has 0 saturated carbocycles. The number of benzene rings is 2. The Morgan fingerprint density at radius 1 is 1.21 bits per heavy atom. The third-order valence-electron chi connectivity index (χ3n) is 3.69. The van der Waals surface area contributed by atoms with Crippen molar-refractivity contribution in [1.29, 1.82) is 0 Å². The molecule has 1 heterocycles. The van der Waals surface area contributed by atoms with E-state index in [1.807, 2.05) is 36.4 Å². The fraction of sp³-hybridized carbons (Fsp3) is 0.222. The van der Waals surface area contributed by atoms with Gasteiger partial charge in [0, 0.05) is 6.54 Å². The van der Waals surface area contributed by atoms with Crippen LogP contribution in [-0.2, 0) is 22.6 Å². The predicted molar refractivity (Wildman–Crippen MR) is 89.1 cm³/mol. The number of rotatable bonds is 5. The lowest BCUT2D eigenvalue weighted by molar-refractivity contribution is -0.120. The highest BCUT2D eigenvalue weighted by molar-refractivity contribution is 5.95. The first-order chi connectivity index (χ1) is 11.6. The third kappa shape index (κ3) is 3.84. The molecule has 0 aliphatic carbocycles. The van der Waals surface area contributed by atoms with Crippen molar-refractivity contribution >= 4 is 17.5 Å². The zero-order chi connectivity index (χ0) is 16.9. The van der Waals surface area contributed by atoms with Crippen LogP contribution >= 0.6 is 0 Å². The smallest absolute Gasteiger partial charge is 0.262 e. The van der Waals surface area contributed by atoms with E-state index < -0.39 is 0 Å². The molecule has 0 atom stereocenters. The van der Waals surface area contributed by atoms with Crippen LogP contribution in [0.15, 0.2) is 42.5 Å². The number of carbonyl (C=O) groups is 2. The summed E-state index contributed by atoms with van der Waals surface area (Å²) in [5.41, 5.74) is 2.48. The number of hydrogen-bond donors (Lipinski definition) is 2. The van der Waals surface area contributed by atoms with E-state index in [4.69, 9.17) is 9.47 Å². The molecule has 1 aliphatic heterocycles. The summed E-state index contributed by atoms with van der Waals surface area (Å²) >= 11 is 0. The Morgan fingerprint density at radius 3 is 2.71 bits per heavy atom. The van der Waals surface area contributed by atoms with Gasteiger partial charge in [-0.05, 0) is 35.4 Å². The molecule has 6 nitrogen and oxygen atoms in total. The first-order valence-electron chi connectivity index (χ1n) is 7.59. The topological polar surface area (TPSA) is 76.7 Å². The van der Waals surface area contributed by atoms with E-state index in [0.29, 0.717) is 24.4 Å². The fourth-order valence-corrected chi connectivity index (χ4v) is 2.42. The average Bonchev–Trinajstić information content (AvgIpc) is 2.60. The van der Waals surface area contributed by atoms with Crippen molar-refractivity contribution in [3.05, 3.63) is 53.6 Å². The molecule has 0 aromatic heterocycles. The summed E-state index contributed by atoms with van der Waals surface area (Å²) in [4.78, 5) is 23.3. The second-order valence-electron chi connectivity index (χ2n) is 5.47. The molecule has 3 rings (SSSR count). The van der Waals surface area contributed by atoms with Crippen molar-refractivity contribution < 1.29 is 19.1 Å². The predicted octanol–water partition coefficient (Wildman–Crippen LogP) is 1.89. The Morgan fingerprint density at radius 2 is 1.96 bits per heavy atom. The molecule has 2 aromatic rings. The molecule has 2 aromatic carbocycles. The second-order valence-corrected chi connectivity index (χ2v) is 5.47. The zero-order valence-corrected chi connectivity index (χ0v) is 13.3. The molecule has 0 unspecified atom stereocenters. The number of ether oxygens (including phenoxy) is 2. The SMILES string of the molecule is COc1ccc(CC(=O)NCc2ccc3c(c2)OCC(=O)N3)cc1. The van der Waals surface area contributed by atoms with Gasteiger partial charge < -0.3 is 20.1 Å². The van der Waals surface area contributed by atoms with E-state index in [0.717, 1.165) is 16.9 Å². The highest BCUT2D eigenvalue weighted by Gasteiger charge is 2.16. The number of carbonyl (C=O) groups excluding carboxylic acids is 2. The van der Waals surface area contributed by atoms with E-state index in [2.05, 4.69) is 10.6 Å². The molecule has 1 aliphatic rings. The van der Waals surface area contributed by atoms with E-state index in [1.54, 1.807) is 13.2 Å². The van der Waals surface area contributed by atoms with Gasteiger partial charge in [0.25, 0.3) is 5.91 Å². The summed E-state index contributed by atoms with van der Waals surface area (Å²) < 4.78 is 10.5. The number of fused-ring (bicyclic) bond motifs is 1.